The lowest BCUT2D eigenvalue weighted by Gasteiger charge is -2.17. The highest BCUT2D eigenvalue weighted by Crippen LogP contribution is 2.45. The molecule has 35 heavy (non-hydrogen) atoms. The van der Waals surface area contributed by atoms with Crippen molar-refractivity contribution in [2.24, 2.45) is 0 Å². The largest absolute Gasteiger partial charge is 0.493 e. The number of ether oxygens (including phenoxy) is 4. The molecule has 190 valence electrons. The smallest absolute Gasteiger partial charge is 0.424 e. The highest BCUT2D eigenvalue weighted by Gasteiger charge is 2.23. The maximum Gasteiger partial charge on any atom is 0.424 e. The molecule has 3 N–H and O–H groups in total. The summed E-state index contributed by atoms with van der Waals surface area (Å²) in [6.45, 7) is 2.16. The van der Waals surface area contributed by atoms with E-state index < -0.39 is 8.60 Å². The van der Waals surface area contributed by atoms with E-state index in [-0.39, 0.29) is 11.5 Å². The third-order valence-electron chi connectivity index (χ3n) is 4.64. The third kappa shape index (κ3) is 6.25. The Kier molecular flexibility index (Phi) is 10.9. The molecule has 1 heterocycles. The van der Waals surface area contributed by atoms with Crippen molar-refractivity contribution >= 4 is 25.2 Å². The number of ketones is 1. The van der Waals surface area contributed by atoms with Gasteiger partial charge in [-0.15, -0.1) is 4.67 Å². The molecule has 1 atom stereocenters. The van der Waals surface area contributed by atoms with Crippen LogP contribution in [0, 0.1) is 0 Å². The zero-order valence-electron chi connectivity index (χ0n) is 19.7. The Balaban J connectivity index is 0.00000210. The fourth-order valence-electron chi connectivity index (χ4n) is 3.27. The predicted molar refractivity (Wildman–Crippen MR) is 126 cm³/mol. The summed E-state index contributed by atoms with van der Waals surface area (Å²) < 4.78 is 31.9. The van der Waals surface area contributed by atoms with Crippen LogP contribution in [0.5, 0.6) is 28.7 Å². The number of carbonyl (C=O) groups excluding carboxylic acids is 1. The molecule has 3 rings (SSSR count). The van der Waals surface area contributed by atoms with Crippen LogP contribution in [0.3, 0.4) is 0 Å². The van der Waals surface area contributed by atoms with E-state index >= 15 is 0 Å². The number of hydrogen-bond donors (Lipinski definition) is 3. The summed E-state index contributed by atoms with van der Waals surface area (Å²) in [6, 6.07) is 6.49. The molecule has 0 fully saturated rings. The van der Waals surface area contributed by atoms with Gasteiger partial charge in [-0.3, -0.25) is 20.3 Å². The summed E-state index contributed by atoms with van der Waals surface area (Å²) in [7, 11) is 3.27. The van der Waals surface area contributed by atoms with Gasteiger partial charge in [-0.1, -0.05) is 0 Å². The van der Waals surface area contributed by atoms with Crippen LogP contribution in [-0.2, 0) is 9.56 Å². The van der Waals surface area contributed by atoms with E-state index in [1.807, 2.05) is 6.92 Å². The molecule has 12 nitrogen and oxygen atoms in total. The topological polar surface area (TPSA) is 155 Å². The van der Waals surface area contributed by atoms with E-state index in [0.29, 0.717) is 51.5 Å². The molecule has 0 aliphatic heterocycles. The lowest BCUT2D eigenvalue weighted by atomic mass is 9.98. The molecule has 3 aromatic rings. The zero-order valence-corrected chi connectivity index (χ0v) is 20.6. The zero-order chi connectivity index (χ0) is 26.0. The molecule has 1 aromatic heterocycles. The van der Waals surface area contributed by atoms with E-state index in [1.54, 1.807) is 24.3 Å². The van der Waals surface area contributed by atoms with Crippen molar-refractivity contribution in [2.75, 3.05) is 35.0 Å². The maximum absolute atomic E-state index is 13.5. The van der Waals surface area contributed by atoms with Crippen LogP contribution in [0.15, 0.2) is 36.7 Å². The molecular formula is C22H26NO11P. The molecule has 0 saturated heterocycles. The van der Waals surface area contributed by atoms with E-state index in [4.69, 9.17) is 34.0 Å². The van der Waals surface area contributed by atoms with Crippen LogP contribution >= 0.6 is 8.60 Å². The number of carbonyl (C=O) groups is 1. The van der Waals surface area contributed by atoms with Crippen LogP contribution < -0.4 is 23.5 Å². The molecule has 0 spiro atoms. The van der Waals surface area contributed by atoms with Crippen molar-refractivity contribution in [2.45, 2.75) is 6.92 Å². The van der Waals surface area contributed by atoms with Gasteiger partial charge in [0, 0.05) is 28.9 Å². The Morgan fingerprint density at radius 1 is 0.914 bits per heavy atom. The standard InChI is InChI=1S/C22H24NO9P.H2O2/c1-6-30-17-8-7-14-15(11-23-12-16(14)21(17)31-33(25)32-29-5)20(24)13-9-18(26-2)22(28-4)19(10-13)27-3;1-2/h7-12,25H,6H2,1-5H3;1-2H. The summed E-state index contributed by atoms with van der Waals surface area (Å²) in [5, 5.41) is 13.0. The number of benzene rings is 2. The minimum Gasteiger partial charge on any atom is -0.493 e. The van der Waals surface area contributed by atoms with Gasteiger partial charge >= 0.3 is 8.60 Å². The molecule has 0 aliphatic carbocycles. The van der Waals surface area contributed by atoms with Crippen molar-refractivity contribution < 1.29 is 53.2 Å². The number of methoxy groups -OCH3 is 3. The maximum atomic E-state index is 13.5. The van der Waals surface area contributed by atoms with Gasteiger partial charge in [-0.2, -0.15) is 0 Å². The number of fused-ring (bicyclic) bond motifs is 1. The Hall–Kier alpha value is -3.25. The van der Waals surface area contributed by atoms with Gasteiger partial charge in [-0.05, 0) is 36.6 Å². The Morgan fingerprint density at radius 3 is 2.11 bits per heavy atom. The van der Waals surface area contributed by atoms with Crippen molar-refractivity contribution in [1.29, 1.82) is 0 Å². The number of rotatable bonds is 11. The van der Waals surface area contributed by atoms with Gasteiger partial charge < -0.3 is 28.4 Å². The summed E-state index contributed by atoms with van der Waals surface area (Å²) in [4.78, 5) is 32.2. The quantitative estimate of drug-likeness (QED) is 0.147. The number of hydrogen-bond acceptors (Lipinski definition) is 12. The van der Waals surface area contributed by atoms with Crippen LogP contribution in [0.1, 0.15) is 22.8 Å². The lowest BCUT2D eigenvalue weighted by molar-refractivity contribution is -0.184. The van der Waals surface area contributed by atoms with Gasteiger partial charge in [0.05, 0.1) is 35.0 Å². The molecular weight excluding hydrogens is 485 g/mol. The Labute approximate surface area is 202 Å². The van der Waals surface area contributed by atoms with Gasteiger partial charge in [0.25, 0.3) is 0 Å². The van der Waals surface area contributed by atoms with Crippen molar-refractivity contribution in [1.82, 2.24) is 4.98 Å². The van der Waals surface area contributed by atoms with E-state index in [9.17, 15) is 9.69 Å². The first-order chi connectivity index (χ1) is 17.0. The molecule has 0 radical (unpaired) electrons. The van der Waals surface area contributed by atoms with Crippen LogP contribution in [-0.4, -0.2) is 61.2 Å². The Bertz CT molecular complexity index is 1120. The summed E-state index contributed by atoms with van der Waals surface area (Å²) in [5.41, 5.74) is 0.604. The fourth-order valence-corrected chi connectivity index (χ4v) is 3.77. The SMILES string of the molecule is CCOc1ccc2c(C(=O)c3cc(OC)c(OC)c(OC)c3)cncc2c1OP(O)OOC.OO. The average Bonchev–Trinajstić information content (AvgIpc) is 2.89. The van der Waals surface area contributed by atoms with Gasteiger partial charge in [0.15, 0.2) is 28.8 Å². The lowest BCUT2D eigenvalue weighted by Crippen LogP contribution is -2.06. The molecule has 0 amide bonds. The van der Waals surface area contributed by atoms with Crippen molar-refractivity contribution in [3.63, 3.8) is 0 Å². The Morgan fingerprint density at radius 2 is 1.57 bits per heavy atom. The van der Waals surface area contributed by atoms with Gasteiger partial charge in [-0.25, -0.2) is 4.89 Å². The predicted octanol–water partition coefficient (Wildman–Crippen LogP) is 4.08. The van der Waals surface area contributed by atoms with Gasteiger partial charge in [0.2, 0.25) is 5.75 Å². The third-order valence-corrected chi connectivity index (χ3v) is 5.25. The van der Waals surface area contributed by atoms with Gasteiger partial charge in [0.1, 0.15) is 0 Å². The molecule has 0 aliphatic rings. The number of pyridine rings is 1. The molecule has 0 saturated carbocycles. The molecule has 1 unspecified atom stereocenters. The molecule has 0 bridgehead atoms. The summed E-state index contributed by atoms with van der Waals surface area (Å²) in [6.07, 6.45) is 2.96. The fraction of sp³-hybridized carbons (Fsp3) is 0.273. The monoisotopic (exact) mass is 511 g/mol. The number of nitrogens with zero attached hydrogens (tertiary/aromatic N) is 1. The second-order valence-corrected chi connectivity index (χ2v) is 7.23. The van der Waals surface area contributed by atoms with E-state index in [0.717, 1.165) is 0 Å². The molecule has 2 aromatic carbocycles. The van der Waals surface area contributed by atoms with Crippen LogP contribution in [0.2, 0.25) is 0 Å². The first kappa shape index (κ1) is 28.0. The van der Waals surface area contributed by atoms with E-state index in [2.05, 4.69) is 14.5 Å². The average molecular weight is 511 g/mol. The highest BCUT2D eigenvalue weighted by molar-refractivity contribution is 7.40. The summed E-state index contributed by atoms with van der Waals surface area (Å²) in [5.74, 6) is 1.26. The first-order valence-corrected chi connectivity index (χ1v) is 11.1. The minimum absolute atomic E-state index is 0.173. The van der Waals surface area contributed by atoms with Crippen molar-refractivity contribution in [3.8, 4) is 28.7 Å². The molecule has 13 heteroatoms. The minimum atomic E-state index is -2.41. The van der Waals surface area contributed by atoms with E-state index in [1.165, 1.54) is 40.8 Å². The first-order valence-electron chi connectivity index (χ1n) is 9.94. The van der Waals surface area contributed by atoms with Crippen LogP contribution in [0.4, 0.5) is 0 Å². The van der Waals surface area contributed by atoms with Crippen molar-refractivity contribution in [3.05, 3.63) is 47.8 Å². The number of aromatic nitrogens is 1. The highest BCUT2D eigenvalue weighted by atomic mass is 31.2. The summed E-state index contributed by atoms with van der Waals surface area (Å²) >= 11 is 0. The normalized spacial score (nSPS) is 11.2. The second-order valence-electron chi connectivity index (χ2n) is 6.42. The second kappa shape index (κ2) is 13.6. The van der Waals surface area contributed by atoms with Crippen LogP contribution in [0.25, 0.3) is 10.8 Å².